The Morgan fingerprint density at radius 1 is 1.33 bits per heavy atom. The Labute approximate surface area is 140 Å². The molecule has 0 unspecified atom stereocenters. The second-order valence-corrected chi connectivity index (χ2v) is 6.11. The van der Waals surface area contributed by atoms with Gasteiger partial charge in [0.05, 0.1) is 18.3 Å². The van der Waals surface area contributed by atoms with Gasteiger partial charge in [-0.05, 0) is 33.2 Å². The summed E-state index contributed by atoms with van der Waals surface area (Å²) in [6.07, 6.45) is 2.69. The fourth-order valence-corrected chi connectivity index (χ4v) is 3.04. The smallest absolute Gasteiger partial charge is 0.234 e. The van der Waals surface area contributed by atoms with Crippen molar-refractivity contribution in [2.45, 2.75) is 52.6 Å². The summed E-state index contributed by atoms with van der Waals surface area (Å²) < 4.78 is 10.3. The Balaban J connectivity index is 1.57. The molecule has 1 atom stereocenters. The van der Waals surface area contributed by atoms with E-state index in [4.69, 9.17) is 9.05 Å². The summed E-state index contributed by atoms with van der Waals surface area (Å²) in [5.74, 6) is 2.04. The number of hydrogen-bond donors (Lipinski definition) is 1. The number of hydrogen-bond acceptors (Lipinski definition) is 7. The Kier molecular flexibility index (Phi) is 4.94. The van der Waals surface area contributed by atoms with Crippen LogP contribution in [0.2, 0.25) is 0 Å². The fourth-order valence-electron chi connectivity index (χ4n) is 3.04. The summed E-state index contributed by atoms with van der Waals surface area (Å²) in [6, 6.07) is 0.0545. The number of nitrogens with zero attached hydrogens (tertiary/aromatic N) is 4. The molecule has 130 valence electrons. The number of amides is 1. The minimum absolute atomic E-state index is 0.0268. The summed E-state index contributed by atoms with van der Waals surface area (Å²) in [4.78, 5) is 18.8. The third-order valence-electron chi connectivity index (χ3n) is 4.44. The summed E-state index contributed by atoms with van der Waals surface area (Å²) in [7, 11) is 0. The molecule has 1 aliphatic heterocycles. The highest BCUT2D eigenvalue weighted by Crippen LogP contribution is 2.29. The second-order valence-electron chi connectivity index (χ2n) is 6.11. The monoisotopic (exact) mass is 333 g/mol. The van der Waals surface area contributed by atoms with Crippen molar-refractivity contribution in [1.29, 1.82) is 0 Å². The number of carbonyl (C=O) groups excluding carboxylic acids is 1. The molecule has 1 N–H and O–H groups in total. The Morgan fingerprint density at radius 2 is 2.17 bits per heavy atom. The van der Waals surface area contributed by atoms with Gasteiger partial charge in [0.2, 0.25) is 11.8 Å². The van der Waals surface area contributed by atoms with Gasteiger partial charge < -0.3 is 14.4 Å². The average Bonchev–Trinajstić information content (AvgIpc) is 3.27. The van der Waals surface area contributed by atoms with Crippen LogP contribution in [0.15, 0.2) is 9.05 Å². The van der Waals surface area contributed by atoms with Gasteiger partial charge in [0.1, 0.15) is 5.76 Å². The Bertz CT molecular complexity index is 689. The summed E-state index contributed by atoms with van der Waals surface area (Å²) >= 11 is 0. The van der Waals surface area contributed by atoms with Crippen molar-refractivity contribution < 1.29 is 13.8 Å². The van der Waals surface area contributed by atoms with Gasteiger partial charge in [-0.1, -0.05) is 17.2 Å². The Morgan fingerprint density at radius 3 is 2.83 bits per heavy atom. The molecule has 8 nitrogen and oxygen atoms in total. The third kappa shape index (κ3) is 3.48. The van der Waals surface area contributed by atoms with Gasteiger partial charge in [-0.25, -0.2) is 0 Å². The van der Waals surface area contributed by atoms with E-state index in [-0.39, 0.29) is 11.9 Å². The number of carbonyl (C=O) groups is 1. The quantitative estimate of drug-likeness (QED) is 0.859. The van der Waals surface area contributed by atoms with Crippen molar-refractivity contribution >= 4 is 5.91 Å². The van der Waals surface area contributed by atoms with Crippen LogP contribution in [0.4, 0.5) is 0 Å². The van der Waals surface area contributed by atoms with E-state index in [0.717, 1.165) is 42.8 Å². The molecular formula is C16H23N5O3. The lowest BCUT2D eigenvalue weighted by molar-refractivity contribution is -0.122. The molecule has 0 aliphatic carbocycles. The zero-order chi connectivity index (χ0) is 17.1. The number of nitrogens with one attached hydrogen (secondary N) is 1. The Hall–Kier alpha value is -2.22. The topological polar surface area (TPSA) is 97.3 Å². The zero-order valence-corrected chi connectivity index (χ0v) is 14.3. The largest absolute Gasteiger partial charge is 0.361 e. The molecule has 0 aromatic carbocycles. The lowest BCUT2D eigenvalue weighted by Gasteiger charge is -2.21. The number of aromatic nitrogens is 3. The molecule has 1 fully saturated rings. The molecule has 2 aromatic heterocycles. The first kappa shape index (κ1) is 16.6. The molecule has 0 spiro atoms. The van der Waals surface area contributed by atoms with Crippen LogP contribution in [0.1, 0.15) is 54.5 Å². The van der Waals surface area contributed by atoms with Crippen LogP contribution in [-0.2, 0) is 17.8 Å². The van der Waals surface area contributed by atoms with E-state index in [1.165, 1.54) is 0 Å². The van der Waals surface area contributed by atoms with Crippen molar-refractivity contribution in [3.63, 3.8) is 0 Å². The molecule has 8 heteroatoms. The van der Waals surface area contributed by atoms with E-state index in [2.05, 4.69) is 25.5 Å². The van der Waals surface area contributed by atoms with Gasteiger partial charge in [-0.2, -0.15) is 4.98 Å². The van der Waals surface area contributed by atoms with Gasteiger partial charge in [0.15, 0.2) is 5.82 Å². The summed E-state index contributed by atoms with van der Waals surface area (Å²) in [6.45, 7) is 7.31. The van der Waals surface area contributed by atoms with Crippen molar-refractivity contribution in [2.24, 2.45) is 0 Å². The van der Waals surface area contributed by atoms with E-state index in [1.54, 1.807) is 0 Å². The first-order chi connectivity index (χ1) is 11.6. The summed E-state index contributed by atoms with van der Waals surface area (Å²) in [5.41, 5.74) is 1.75. The maximum atomic E-state index is 12.3. The molecule has 0 bridgehead atoms. The molecule has 1 aliphatic rings. The number of rotatable bonds is 6. The van der Waals surface area contributed by atoms with Crippen LogP contribution < -0.4 is 5.32 Å². The third-order valence-corrected chi connectivity index (χ3v) is 4.44. The van der Waals surface area contributed by atoms with Gasteiger partial charge in [0.25, 0.3) is 0 Å². The minimum atomic E-state index is -0.0268. The van der Waals surface area contributed by atoms with Crippen LogP contribution in [0.5, 0.6) is 0 Å². The van der Waals surface area contributed by atoms with Crippen molar-refractivity contribution in [1.82, 2.24) is 25.5 Å². The van der Waals surface area contributed by atoms with Crippen LogP contribution in [0.25, 0.3) is 0 Å². The van der Waals surface area contributed by atoms with Crippen LogP contribution in [0, 0.1) is 13.8 Å². The molecule has 3 rings (SSSR count). The minimum Gasteiger partial charge on any atom is -0.361 e. The highest BCUT2D eigenvalue weighted by atomic mass is 16.5. The molecule has 3 heterocycles. The van der Waals surface area contributed by atoms with E-state index in [0.29, 0.717) is 24.8 Å². The standard InChI is InChI=1S/C16H23N5O3/c1-4-15-18-16(20-24-15)13-6-5-7-21(13)9-14(22)17-8-12-10(2)19-23-11(12)3/h13H,4-9H2,1-3H3,(H,17,22)/t13-/m0/s1. The van der Waals surface area contributed by atoms with Crippen molar-refractivity contribution in [2.75, 3.05) is 13.1 Å². The van der Waals surface area contributed by atoms with E-state index < -0.39 is 0 Å². The molecule has 24 heavy (non-hydrogen) atoms. The van der Waals surface area contributed by atoms with Crippen LogP contribution in [0.3, 0.4) is 0 Å². The first-order valence-corrected chi connectivity index (χ1v) is 8.33. The average molecular weight is 333 g/mol. The van der Waals surface area contributed by atoms with Crippen LogP contribution in [-0.4, -0.2) is 39.2 Å². The maximum absolute atomic E-state index is 12.3. The molecule has 1 amide bonds. The fraction of sp³-hybridized carbons (Fsp3) is 0.625. The van der Waals surface area contributed by atoms with E-state index in [1.807, 2.05) is 20.8 Å². The lowest BCUT2D eigenvalue weighted by atomic mass is 10.2. The number of likely N-dealkylation sites (tertiary alicyclic amines) is 1. The first-order valence-electron chi connectivity index (χ1n) is 8.33. The van der Waals surface area contributed by atoms with Crippen molar-refractivity contribution in [3.05, 3.63) is 28.7 Å². The SMILES string of the molecule is CCc1nc([C@@H]2CCCN2CC(=O)NCc2c(C)noc2C)no1. The molecule has 0 radical (unpaired) electrons. The lowest BCUT2D eigenvalue weighted by Crippen LogP contribution is -2.37. The molecule has 0 saturated carbocycles. The predicted molar refractivity (Wildman–Crippen MR) is 85.0 cm³/mol. The van der Waals surface area contributed by atoms with Crippen molar-refractivity contribution in [3.8, 4) is 0 Å². The normalized spacial score (nSPS) is 18.2. The highest BCUT2D eigenvalue weighted by Gasteiger charge is 2.31. The van der Waals surface area contributed by atoms with E-state index in [9.17, 15) is 4.79 Å². The van der Waals surface area contributed by atoms with Crippen LogP contribution >= 0.6 is 0 Å². The van der Waals surface area contributed by atoms with E-state index >= 15 is 0 Å². The van der Waals surface area contributed by atoms with Gasteiger partial charge in [-0.15, -0.1) is 0 Å². The highest BCUT2D eigenvalue weighted by molar-refractivity contribution is 5.78. The zero-order valence-electron chi connectivity index (χ0n) is 14.3. The summed E-state index contributed by atoms with van der Waals surface area (Å²) in [5, 5.41) is 10.9. The van der Waals surface area contributed by atoms with Gasteiger partial charge in [-0.3, -0.25) is 9.69 Å². The number of aryl methyl sites for hydroxylation is 3. The van der Waals surface area contributed by atoms with Gasteiger partial charge in [0, 0.05) is 18.5 Å². The molecular weight excluding hydrogens is 310 g/mol. The predicted octanol–water partition coefficient (Wildman–Crippen LogP) is 1.69. The molecule has 2 aromatic rings. The second kappa shape index (κ2) is 7.12. The van der Waals surface area contributed by atoms with Gasteiger partial charge >= 0.3 is 0 Å². The molecule has 1 saturated heterocycles. The maximum Gasteiger partial charge on any atom is 0.234 e.